The minimum Gasteiger partial charge on any atom is -0.339 e. The normalized spacial score (nSPS) is 15.1. The molecule has 1 amide bonds. The van der Waals surface area contributed by atoms with E-state index < -0.39 is 0 Å². The van der Waals surface area contributed by atoms with E-state index in [0.717, 1.165) is 49.6 Å². The number of benzene rings is 1. The molecule has 2 heterocycles. The van der Waals surface area contributed by atoms with Gasteiger partial charge in [0.15, 0.2) is 0 Å². The van der Waals surface area contributed by atoms with Crippen molar-refractivity contribution >= 4 is 18.3 Å². The standard InChI is InChI=1S/C17H23N5O.ClH/c1-18-9-6-14-7-10-21(11-8-14)17(23)15-2-4-16(5-3-15)22-12-19-20-13-22;/h2-5,12-14,18H,6-11H2,1H3;1H. The maximum atomic E-state index is 12.6. The highest BCUT2D eigenvalue weighted by Gasteiger charge is 2.23. The lowest BCUT2D eigenvalue weighted by Gasteiger charge is -2.32. The highest BCUT2D eigenvalue weighted by molar-refractivity contribution is 5.94. The average Bonchev–Trinajstić information content (AvgIpc) is 3.14. The van der Waals surface area contributed by atoms with E-state index in [1.165, 1.54) is 6.42 Å². The van der Waals surface area contributed by atoms with Crippen LogP contribution in [-0.4, -0.2) is 52.3 Å². The Morgan fingerprint density at radius 1 is 1.17 bits per heavy atom. The Morgan fingerprint density at radius 2 is 1.79 bits per heavy atom. The number of piperidine rings is 1. The highest BCUT2D eigenvalue weighted by atomic mass is 35.5. The lowest BCUT2D eigenvalue weighted by atomic mass is 9.93. The molecule has 2 aromatic rings. The fourth-order valence-corrected chi connectivity index (χ4v) is 3.07. The van der Waals surface area contributed by atoms with Gasteiger partial charge in [0.25, 0.3) is 5.91 Å². The fraction of sp³-hybridized carbons (Fsp3) is 0.471. The van der Waals surface area contributed by atoms with Crippen molar-refractivity contribution in [1.82, 2.24) is 25.0 Å². The summed E-state index contributed by atoms with van der Waals surface area (Å²) in [5.41, 5.74) is 1.70. The molecule has 24 heavy (non-hydrogen) atoms. The summed E-state index contributed by atoms with van der Waals surface area (Å²) in [5.74, 6) is 0.870. The number of nitrogens with one attached hydrogen (secondary N) is 1. The van der Waals surface area contributed by atoms with Crippen LogP contribution in [0.2, 0.25) is 0 Å². The second kappa shape index (κ2) is 8.80. The molecule has 1 fully saturated rings. The van der Waals surface area contributed by atoms with Crippen LogP contribution in [0.15, 0.2) is 36.9 Å². The van der Waals surface area contributed by atoms with Crippen LogP contribution >= 0.6 is 12.4 Å². The van der Waals surface area contributed by atoms with E-state index in [-0.39, 0.29) is 18.3 Å². The smallest absolute Gasteiger partial charge is 0.253 e. The molecule has 0 saturated carbocycles. The molecule has 130 valence electrons. The maximum absolute atomic E-state index is 12.6. The second-order valence-corrected chi connectivity index (χ2v) is 6.04. The van der Waals surface area contributed by atoms with Crippen molar-refractivity contribution < 1.29 is 4.79 Å². The number of amides is 1. The van der Waals surface area contributed by atoms with Gasteiger partial charge in [-0.3, -0.25) is 9.36 Å². The van der Waals surface area contributed by atoms with Gasteiger partial charge in [0.05, 0.1) is 0 Å². The molecule has 0 atom stereocenters. The van der Waals surface area contributed by atoms with Crippen LogP contribution in [0.1, 0.15) is 29.6 Å². The van der Waals surface area contributed by atoms with Gasteiger partial charge >= 0.3 is 0 Å². The van der Waals surface area contributed by atoms with Crippen LogP contribution in [0.25, 0.3) is 5.69 Å². The zero-order chi connectivity index (χ0) is 16.1. The van der Waals surface area contributed by atoms with Gasteiger partial charge in [-0.05, 0) is 63.0 Å². The Kier molecular flexibility index (Phi) is 6.75. The number of hydrogen-bond donors (Lipinski definition) is 1. The molecular weight excluding hydrogens is 326 g/mol. The predicted octanol–water partition coefficient (Wildman–Crippen LogP) is 2.15. The van der Waals surface area contributed by atoms with Crippen LogP contribution in [-0.2, 0) is 0 Å². The first-order valence-electron chi connectivity index (χ1n) is 8.17. The SMILES string of the molecule is CNCCC1CCN(C(=O)c2ccc(-n3cnnc3)cc2)CC1.Cl. The largest absolute Gasteiger partial charge is 0.339 e. The number of hydrogen-bond acceptors (Lipinski definition) is 4. The minimum atomic E-state index is 0. The molecule has 1 aliphatic heterocycles. The summed E-state index contributed by atoms with van der Waals surface area (Å²) >= 11 is 0. The number of nitrogens with zero attached hydrogens (tertiary/aromatic N) is 4. The summed E-state index contributed by atoms with van der Waals surface area (Å²) in [6.45, 7) is 2.78. The van der Waals surface area contributed by atoms with Gasteiger partial charge in [0.2, 0.25) is 0 Å². The third kappa shape index (κ3) is 4.33. The van der Waals surface area contributed by atoms with Crippen molar-refractivity contribution in [2.45, 2.75) is 19.3 Å². The summed E-state index contributed by atoms with van der Waals surface area (Å²) in [4.78, 5) is 14.6. The Morgan fingerprint density at radius 3 is 2.38 bits per heavy atom. The van der Waals surface area contributed by atoms with Crippen molar-refractivity contribution in [3.63, 3.8) is 0 Å². The quantitative estimate of drug-likeness (QED) is 0.898. The van der Waals surface area contributed by atoms with E-state index >= 15 is 0 Å². The van der Waals surface area contributed by atoms with E-state index in [1.54, 1.807) is 12.7 Å². The maximum Gasteiger partial charge on any atom is 0.253 e. The third-order valence-corrected chi connectivity index (χ3v) is 4.54. The summed E-state index contributed by atoms with van der Waals surface area (Å²) in [6, 6.07) is 7.61. The van der Waals surface area contributed by atoms with E-state index in [1.807, 2.05) is 40.8 Å². The molecule has 1 aromatic carbocycles. The van der Waals surface area contributed by atoms with E-state index in [0.29, 0.717) is 0 Å². The number of aromatic nitrogens is 3. The Labute approximate surface area is 148 Å². The Bertz CT molecular complexity index is 621. The van der Waals surface area contributed by atoms with Gasteiger partial charge in [0.1, 0.15) is 12.7 Å². The van der Waals surface area contributed by atoms with E-state index in [2.05, 4.69) is 15.5 Å². The minimum absolute atomic E-state index is 0. The van der Waals surface area contributed by atoms with Crippen molar-refractivity contribution in [1.29, 1.82) is 0 Å². The molecule has 0 radical (unpaired) electrons. The number of halogens is 1. The lowest BCUT2D eigenvalue weighted by molar-refractivity contribution is 0.0687. The van der Waals surface area contributed by atoms with Crippen LogP contribution in [0.3, 0.4) is 0 Å². The van der Waals surface area contributed by atoms with Crippen molar-refractivity contribution in [2.24, 2.45) is 5.92 Å². The molecule has 6 nitrogen and oxygen atoms in total. The topological polar surface area (TPSA) is 63.1 Å². The molecule has 0 spiro atoms. The van der Waals surface area contributed by atoms with Gasteiger partial charge in [-0.1, -0.05) is 0 Å². The molecule has 0 bridgehead atoms. The van der Waals surface area contributed by atoms with Gasteiger partial charge < -0.3 is 10.2 Å². The number of likely N-dealkylation sites (tertiary alicyclic amines) is 1. The lowest BCUT2D eigenvalue weighted by Crippen LogP contribution is -2.38. The summed E-state index contributed by atoms with van der Waals surface area (Å²) in [7, 11) is 1.99. The zero-order valence-electron chi connectivity index (χ0n) is 13.9. The summed E-state index contributed by atoms with van der Waals surface area (Å²) in [6.07, 6.45) is 6.70. The molecule has 3 rings (SSSR count). The van der Waals surface area contributed by atoms with Crippen LogP contribution in [0, 0.1) is 5.92 Å². The molecule has 1 saturated heterocycles. The van der Waals surface area contributed by atoms with E-state index in [9.17, 15) is 4.79 Å². The second-order valence-electron chi connectivity index (χ2n) is 6.04. The Balaban J connectivity index is 0.00000208. The molecular formula is C17H24ClN5O. The molecule has 0 unspecified atom stereocenters. The Hall–Kier alpha value is -1.92. The van der Waals surface area contributed by atoms with Gasteiger partial charge in [-0.25, -0.2) is 0 Å². The van der Waals surface area contributed by atoms with Crippen molar-refractivity contribution in [3.05, 3.63) is 42.5 Å². The first-order chi connectivity index (χ1) is 11.3. The number of carbonyl (C=O) groups is 1. The van der Waals surface area contributed by atoms with Crippen LogP contribution in [0.4, 0.5) is 0 Å². The third-order valence-electron chi connectivity index (χ3n) is 4.54. The van der Waals surface area contributed by atoms with Crippen LogP contribution in [0.5, 0.6) is 0 Å². The van der Waals surface area contributed by atoms with E-state index in [4.69, 9.17) is 0 Å². The van der Waals surface area contributed by atoms with Crippen molar-refractivity contribution in [3.8, 4) is 5.69 Å². The molecule has 0 aliphatic carbocycles. The molecule has 1 N–H and O–H groups in total. The summed E-state index contributed by atoms with van der Waals surface area (Å²) < 4.78 is 1.82. The first kappa shape index (κ1) is 18.4. The first-order valence-corrected chi connectivity index (χ1v) is 8.17. The van der Waals surface area contributed by atoms with Crippen molar-refractivity contribution in [2.75, 3.05) is 26.7 Å². The monoisotopic (exact) mass is 349 g/mol. The number of carbonyl (C=O) groups excluding carboxylic acids is 1. The molecule has 1 aromatic heterocycles. The average molecular weight is 350 g/mol. The van der Waals surface area contributed by atoms with Gasteiger partial charge in [-0.2, -0.15) is 0 Å². The van der Waals surface area contributed by atoms with Gasteiger partial charge in [0, 0.05) is 24.3 Å². The number of rotatable bonds is 5. The summed E-state index contributed by atoms with van der Waals surface area (Å²) in [5, 5.41) is 10.8. The predicted molar refractivity (Wildman–Crippen MR) is 95.8 cm³/mol. The highest BCUT2D eigenvalue weighted by Crippen LogP contribution is 2.21. The fourth-order valence-electron chi connectivity index (χ4n) is 3.07. The zero-order valence-corrected chi connectivity index (χ0v) is 14.7. The molecule has 7 heteroatoms. The molecule has 1 aliphatic rings. The van der Waals surface area contributed by atoms with Crippen LogP contribution < -0.4 is 5.32 Å². The van der Waals surface area contributed by atoms with Gasteiger partial charge in [-0.15, -0.1) is 22.6 Å².